The van der Waals surface area contributed by atoms with Crippen molar-refractivity contribution >= 4 is 52.1 Å². The molecular formula is C17H14Cl2N2OS. The van der Waals surface area contributed by atoms with Crippen LogP contribution >= 0.6 is 35.4 Å². The summed E-state index contributed by atoms with van der Waals surface area (Å²) in [4.78, 5) is 14.3. The number of para-hydroxylation sites is 1. The van der Waals surface area contributed by atoms with Crippen LogP contribution in [0.3, 0.4) is 0 Å². The van der Waals surface area contributed by atoms with E-state index in [0.717, 1.165) is 25.1 Å². The third kappa shape index (κ3) is 3.50. The number of hydrogen-bond acceptors (Lipinski definition) is 2. The Morgan fingerprint density at radius 2 is 1.96 bits per heavy atom. The smallest absolute Gasteiger partial charge is 0.258 e. The van der Waals surface area contributed by atoms with Gasteiger partial charge >= 0.3 is 0 Å². The monoisotopic (exact) mass is 364 g/mol. The highest BCUT2D eigenvalue weighted by molar-refractivity contribution is 7.80. The Labute approximate surface area is 150 Å². The number of thiocarbonyl (C=S) groups is 1. The Kier molecular flexibility index (Phi) is 4.85. The predicted octanol–water partition coefficient (Wildman–Crippen LogP) is 4.46. The fourth-order valence-corrected chi connectivity index (χ4v) is 3.43. The van der Waals surface area contributed by atoms with E-state index in [2.05, 4.69) is 11.4 Å². The van der Waals surface area contributed by atoms with E-state index < -0.39 is 0 Å². The van der Waals surface area contributed by atoms with Crippen molar-refractivity contribution in [2.45, 2.75) is 12.8 Å². The van der Waals surface area contributed by atoms with E-state index in [1.54, 1.807) is 12.1 Å². The molecule has 2 aromatic rings. The molecule has 0 bridgehead atoms. The van der Waals surface area contributed by atoms with Crippen molar-refractivity contribution in [1.82, 2.24) is 5.32 Å². The summed E-state index contributed by atoms with van der Waals surface area (Å²) in [5, 5.41) is 3.93. The van der Waals surface area contributed by atoms with Gasteiger partial charge in [-0.2, -0.15) is 0 Å². The minimum absolute atomic E-state index is 0.303. The fourth-order valence-electron chi connectivity index (χ4n) is 2.65. The maximum absolute atomic E-state index is 12.4. The SMILES string of the molecule is O=C(NC(=S)N1CCCc2ccccc21)c1ccc(Cl)cc1Cl. The van der Waals surface area contributed by atoms with Gasteiger partial charge in [-0.3, -0.25) is 10.1 Å². The second-order valence-electron chi connectivity index (χ2n) is 5.27. The van der Waals surface area contributed by atoms with Gasteiger partial charge in [0.1, 0.15) is 0 Å². The average molecular weight is 365 g/mol. The second kappa shape index (κ2) is 6.87. The molecule has 0 saturated heterocycles. The molecule has 23 heavy (non-hydrogen) atoms. The summed E-state index contributed by atoms with van der Waals surface area (Å²) in [6.45, 7) is 0.782. The first kappa shape index (κ1) is 16.2. The highest BCUT2D eigenvalue weighted by atomic mass is 35.5. The molecule has 0 fully saturated rings. The topological polar surface area (TPSA) is 32.3 Å². The lowest BCUT2D eigenvalue weighted by molar-refractivity contribution is 0.0977. The first-order valence-electron chi connectivity index (χ1n) is 7.22. The van der Waals surface area contributed by atoms with Gasteiger partial charge in [-0.15, -0.1) is 0 Å². The first-order chi connectivity index (χ1) is 11.1. The van der Waals surface area contributed by atoms with Crippen LogP contribution in [0, 0.1) is 0 Å². The molecule has 0 atom stereocenters. The van der Waals surface area contributed by atoms with E-state index in [-0.39, 0.29) is 5.91 Å². The third-order valence-corrected chi connectivity index (χ3v) is 4.62. The van der Waals surface area contributed by atoms with E-state index in [0.29, 0.717) is 20.7 Å². The molecule has 1 heterocycles. The van der Waals surface area contributed by atoms with E-state index in [4.69, 9.17) is 35.4 Å². The van der Waals surface area contributed by atoms with Gasteiger partial charge in [0, 0.05) is 17.3 Å². The van der Waals surface area contributed by atoms with Crippen LogP contribution in [0.25, 0.3) is 0 Å². The molecule has 0 saturated carbocycles. The Morgan fingerprint density at radius 3 is 2.74 bits per heavy atom. The summed E-state index contributed by atoms with van der Waals surface area (Å²) in [6, 6.07) is 12.8. The van der Waals surface area contributed by atoms with E-state index >= 15 is 0 Å². The lowest BCUT2D eigenvalue weighted by atomic mass is 10.0. The molecule has 0 aromatic heterocycles. The normalized spacial score (nSPS) is 13.4. The molecule has 0 spiro atoms. The highest BCUT2D eigenvalue weighted by Crippen LogP contribution is 2.27. The van der Waals surface area contributed by atoms with Crippen molar-refractivity contribution in [2.24, 2.45) is 0 Å². The minimum atomic E-state index is -0.334. The standard InChI is InChI=1S/C17H14Cl2N2OS/c18-12-7-8-13(14(19)10-12)16(22)20-17(23)21-9-3-5-11-4-1-2-6-15(11)21/h1-2,4,6-8,10H,3,5,9H2,(H,20,22,23). The molecule has 0 radical (unpaired) electrons. The zero-order valence-electron chi connectivity index (χ0n) is 12.2. The van der Waals surface area contributed by atoms with Gasteiger partial charge in [-0.25, -0.2) is 0 Å². The molecule has 0 unspecified atom stereocenters. The Bertz CT molecular complexity index is 779. The molecule has 118 valence electrons. The maximum atomic E-state index is 12.4. The molecule has 2 aromatic carbocycles. The largest absolute Gasteiger partial charge is 0.318 e. The van der Waals surface area contributed by atoms with Crippen molar-refractivity contribution < 1.29 is 4.79 Å². The summed E-state index contributed by atoms with van der Waals surface area (Å²) < 4.78 is 0. The van der Waals surface area contributed by atoms with Gasteiger partial charge in [0.2, 0.25) is 0 Å². The van der Waals surface area contributed by atoms with Crippen molar-refractivity contribution in [3.8, 4) is 0 Å². The summed E-state index contributed by atoms with van der Waals surface area (Å²) in [7, 11) is 0. The van der Waals surface area contributed by atoms with Crippen LogP contribution in [-0.2, 0) is 6.42 Å². The average Bonchev–Trinajstić information content (AvgIpc) is 2.54. The quantitative estimate of drug-likeness (QED) is 0.758. The number of anilines is 1. The Balaban J connectivity index is 1.79. The number of nitrogens with zero attached hydrogens (tertiary/aromatic N) is 1. The van der Waals surface area contributed by atoms with E-state index in [9.17, 15) is 4.79 Å². The zero-order valence-corrected chi connectivity index (χ0v) is 14.5. The summed E-state index contributed by atoms with van der Waals surface area (Å²) >= 11 is 17.3. The van der Waals surface area contributed by atoms with Crippen molar-refractivity contribution in [3.63, 3.8) is 0 Å². The van der Waals surface area contributed by atoms with Crippen LogP contribution in [0.15, 0.2) is 42.5 Å². The van der Waals surface area contributed by atoms with Crippen molar-refractivity contribution in [2.75, 3.05) is 11.4 Å². The summed E-state index contributed by atoms with van der Waals surface area (Å²) in [5.41, 5.74) is 2.63. The maximum Gasteiger partial charge on any atom is 0.258 e. The number of rotatable bonds is 1. The van der Waals surface area contributed by atoms with Crippen LogP contribution in [0.5, 0.6) is 0 Å². The fraction of sp³-hybridized carbons (Fsp3) is 0.176. The summed E-state index contributed by atoms with van der Waals surface area (Å²) in [5.74, 6) is -0.334. The molecule has 3 rings (SSSR count). The summed E-state index contributed by atoms with van der Waals surface area (Å²) in [6.07, 6.45) is 2.01. The molecule has 3 nitrogen and oxygen atoms in total. The number of carbonyl (C=O) groups excluding carboxylic acids is 1. The first-order valence-corrected chi connectivity index (χ1v) is 8.38. The van der Waals surface area contributed by atoms with Gasteiger partial charge in [-0.05, 0) is 54.9 Å². The van der Waals surface area contributed by atoms with Gasteiger partial charge in [0.25, 0.3) is 5.91 Å². The molecular weight excluding hydrogens is 351 g/mol. The van der Waals surface area contributed by atoms with Crippen LogP contribution < -0.4 is 10.2 Å². The number of carbonyl (C=O) groups is 1. The highest BCUT2D eigenvalue weighted by Gasteiger charge is 2.21. The zero-order chi connectivity index (χ0) is 16.4. The molecule has 6 heteroatoms. The lowest BCUT2D eigenvalue weighted by Gasteiger charge is -2.31. The van der Waals surface area contributed by atoms with Gasteiger partial charge in [0.15, 0.2) is 5.11 Å². The third-order valence-electron chi connectivity index (χ3n) is 3.75. The molecule has 1 aliphatic rings. The molecule has 1 N–H and O–H groups in total. The van der Waals surface area contributed by atoms with Crippen molar-refractivity contribution in [1.29, 1.82) is 0 Å². The van der Waals surface area contributed by atoms with Crippen LogP contribution in [-0.4, -0.2) is 17.6 Å². The van der Waals surface area contributed by atoms with Crippen molar-refractivity contribution in [3.05, 3.63) is 63.6 Å². The number of aryl methyl sites for hydroxylation is 1. The number of hydrogen-bond donors (Lipinski definition) is 1. The number of benzene rings is 2. The molecule has 1 aliphatic heterocycles. The van der Waals surface area contributed by atoms with Gasteiger partial charge in [-0.1, -0.05) is 41.4 Å². The lowest BCUT2D eigenvalue weighted by Crippen LogP contribution is -2.45. The Hall–Kier alpha value is -1.62. The van der Waals surface area contributed by atoms with Gasteiger partial charge < -0.3 is 4.90 Å². The van der Waals surface area contributed by atoms with Crippen LogP contribution in [0.4, 0.5) is 5.69 Å². The second-order valence-corrected chi connectivity index (χ2v) is 6.50. The Morgan fingerprint density at radius 1 is 1.17 bits per heavy atom. The number of halogens is 2. The van der Waals surface area contributed by atoms with Crippen LogP contribution in [0.1, 0.15) is 22.3 Å². The van der Waals surface area contributed by atoms with E-state index in [1.807, 2.05) is 23.1 Å². The van der Waals surface area contributed by atoms with Crippen LogP contribution in [0.2, 0.25) is 10.0 Å². The minimum Gasteiger partial charge on any atom is -0.318 e. The van der Waals surface area contributed by atoms with Gasteiger partial charge in [0.05, 0.1) is 10.6 Å². The predicted molar refractivity (Wildman–Crippen MR) is 98.6 cm³/mol. The molecule has 1 amide bonds. The molecule has 0 aliphatic carbocycles. The number of amides is 1. The number of fused-ring (bicyclic) bond motifs is 1. The number of nitrogens with one attached hydrogen (secondary N) is 1. The van der Waals surface area contributed by atoms with E-state index in [1.165, 1.54) is 11.6 Å².